The predicted molar refractivity (Wildman–Crippen MR) is 210 cm³/mol. The number of benzene rings is 6. The summed E-state index contributed by atoms with van der Waals surface area (Å²) in [4.78, 5) is 0. The molecule has 50 heavy (non-hydrogen) atoms. The van der Waals surface area contributed by atoms with Crippen LogP contribution in [0.3, 0.4) is 0 Å². The normalized spacial score (nSPS) is 21.4. The zero-order chi connectivity index (χ0) is 34.0. The topological polar surface area (TPSA) is 0 Å². The maximum absolute atomic E-state index is 3.45. The van der Waals surface area contributed by atoms with Gasteiger partial charge in [0.15, 0.2) is 0 Å². The molecule has 6 aromatic carbocycles. The maximum atomic E-state index is 2.78. The number of fused-ring (bicyclic) bond motifs is 8. The summed E-state index contributed by atoms with van der Waals surface area (Å²) in [5.74, 6) is 0. The second-order valence-electron chi connectivity index (χ2n) is 15.4. The molecule has 9 rings (SSSR count). The molecule has 1 aliphatic heterocycles. The van der Waals surface area contributed by atoms with E-state index in [-0.39, 0.29) is 5.41 Å². The van der Waals surface area contributed by atoms with Crippen LogP contribution < -0.4 is 0 Å². The minimum absolute atomic E-state index is 0.157. The Balaban J connectivity index is 1.33. The van der Waals surface area contributed by atoms with Crippen molar-refractivity contribution in [2.75, 3.05) is 0 Å². The van der Waals surface area contributed by atoms with E-state index in [2.05, 4.69) is 181 Å². The van der Waals surface area contributed by atoms with Crippen LogP contribution in [0.2, 0.25) is 9.36 Å². The molecular formula is C49H44Hf. The van der Waals surface area contributed by atoms with Crippen LogP contribution in [0.15, 0.2) is 158 Å². The van der Waals surface area contributed by atoms with E-state index in [4.69, 9.17) is 0 Å². The number of allylic oxidation sites excluding steroid dienone is 4. The average molecular weight is 811 g/mol. The minimum atomic E-state index is -3.45. The van der Waals surface area contributed by atoms with Gasteiger partial charge >= 0.3 is 304 Å². The molecule has 4 bridgehead atoms. The SMILES string of the molecule is CCCC1(C)C2=C(c3ccc(-c4ccccc4)cc3)[CH](c3ccccc32)[Hf]([CH3])([CH3])[CH]2C(c3ccc(-c4ccccc4)cc3)=C1c1ccccc12. The molecule has 0 saturated heterocycles. The monoisotopic (exact) mass is 812 g/mol. The first-order valence-electron chi connectivity index (χ1n) is 18.4. The molecule has 0 nitrogen and oxygen atoms in total. The van der Waals surface area contributed by atoms with E-state index in [1.165, 1.54) is 44.5 Å². The zero-order valence-corrected chi connectivity index (χ0v) is 33.2. The van der Waals surface area contributed by atoms with Crippen LogP contribution in [-0.2, 0) is 20.0 Å². The van der Waals surface area contributed by atoms with Crippen LogP contribution in [0.1, 0.15) is 67.4 Å². The molecule has 0 radical (unpaired) electrons. The summed E-state index contributed by atoms with van der Waals surface area (Å²) in [6, 6.07) is 60.0. The summed E-state index contributed by atoms with van der Waals surface area (Å²) in [7, 11) is 0. The van der Waals surface area contributed by atoms with Gasteiger partial charge in [-0.3, -0.25) is 0 Å². The van der Waals surface area contributed by atoms with Gasteiger partial charge in [0.25, 0.3) is 0 Å². The standard InChI is InChI=1S/C47H38.2CH3.Hf/c1-3-30-47(2,45-41-20-12-10-18-39(41)31-43(45)37-26-22-35(23-27-37)33-14-6-4-7-15-33)46-42-21-13-11-19-40(42)32-44(46)38-28-24-36(25-29-38)34-16-8-5-9-17-34;;;/h4-29,31-32H,3,30H2,1-2H3;2*1H3;. The summed E-state index contributed by atoms with van der Waals surface area (Å²) < 4.78 is 6.48. The van der Waals surface area contributed by atoms with Crippen molar-refractivity contribution in [2.24, 2.45) is 5.41 Å². The van der Waals surface area contributed by atoms with Crippen LogP contribution in [0.5, 0.6) is 0 Å². The van der Waals surface area contributed by atoms with Crippen molar-refractivity contribution in [2.45, 2.75) is 43.4 Å². The van der Waals surface area contributed by atoms with Crippen LogP contribution in [0, 0.1) is 5.41 Å². The quantitative estimate of drug-likeness (QED) is 0.147. The van der Waals surface area contributed by atoms with Crippen LogP contribution in [0.4, 0.5) is 0 Å². The molecule has 0 fully saturated rings. The molecule has 244 valence electrons. The molecule has 3 aliphatic rings. The fourth-order valence-electron chi connectivity index (χ4n) is 10.2. The summed E-state index contributed by atoms with van der Waals surface area (Å²) in [6.45, 7) is 4.99. The molecule has 0 amide bonds. The Labute approximate surface area is 302 Å². The average Bonchev–Trinajstić information content (AvgIpc) is 3.72. The molecule has 6 aromatic rings. The third-order valence-corrected chi connectivity index (χ3v) is 27.1. The molecule has 2 unspecified atom stereocenters. The Kier molecular flexibility index (Phi) is 7.70. The summed E-state index contributed by atoms with van der Waals surface area (Å²) >= 11 is -3.45. The Morgan fingerprint density at radius 1 is 0.440 bits per heavy atom. The van der Waals surface area contributed by atoms with Crippen LogP contribution in [-0.4, -0.2) is 0 Å². The van der Waals surface area contributed by atoms with E-state index >= 15 is 0 Å². The fourth-order valence-corrected chi connectivity index (χ4v) is 26.5. The van der Waals surface area contributed by atoms with Crippen molar-refractivity contribution >= 4 is 22.3 Å². The third kappa shape index (κ3) is 4.73. The van der Waals surface area contributed by atoms with Crippen molar-refractivity contribution in [3.63, 3.8) is 0 Å². The third-order valence-electron chi connectivity index (χ3n) is 12.1. The van der Waals surface area contributed by atoms with E-state index in [1.54, 1.807) is 33.4 Å². The van der Waals surface area contributed by atoms with Gasteiger partial charge in [0.05, 0.1) is 0 Å². The number of hydrogen-bond acceptors (Lipinski definition) is 0. The van der Waals surface area contributed by atoms with Gasteiger partial charge in [-0.25, -0.2) is 0 Å². The van der Waals surface area contributed by atoms with Crippen LogP contribution in [0.25, 0.3) is 44.5 Å². The molecule has 1 heteroatoms. The van der Waals surface area contributed by atoms with Gasteiger partial charge < -0.3 is 0 Å². The Morgan fingerprint density at radius 3 is 1.18 bits per heavy atom. The Bertz CT molecular complexity index is 2130. The van der Waals surface area contributed by atoms with E-state index in [1.807, 2.05) is 0 Å². The fraction of sp³-hybridized carbons (Fsp3) is 0.184. The Hall–Kier alpha value is -4.33. The molecule has 0 aromatic heterocycles. The van der Waals surface area contributed by atoms with E-state index < -0.39 is 20.0 Å². The predicted octanol–water partition coefficient (Wildman–Crippen LogP) is 13.7. The molecule has 0 saturated carbocycles. The molecular weight excluding hydrogens is 767 g/mol. The van der Waals surface area contributed by atoms with Gasteiger partial charge in [-0.05, 0) is 0 Å². The van der Waals surface area contributed by atoms with Crippen molar-refractivity contribution in [1.82, 2.24) is 0 Å². The van der Waals surface area contributed by atoms with Gasteiger partial charge in [-0.15, -0.1) is 0 Å². The Morgan fingerprint density at radius 2 is 0.780 bits per heavy atom. The molecule has 0 N–H and O–H groups in total. The second kappa shape index (κ2) is 12.2. The first-order chi connectivity index (χ1) is 24.4. The second-order valence-corrected chi connectivity index (χ2v) is 32.6. The molecule has 2 aliphatic carbocycles. The van der Waals surface area contributed by atoms with E-state index in [0.29, 0.717) is 7.35 Å². The first-order valence-corrected chi connectivity index (χ1v) is 29.7. The van der Waals surface area contributed by atoms with Crippen molar-refractivity contribution in [3.8, 4) is 22.3 Å². The van der Waals surface area contributed by atoms with Crippen LogP contribution >= 0.6 is 0 Å². The summed E-state index contributed by atoms with van der Waals surface area (Å²) in [5.41, 5.74) is 20.4. The zero-order valence-electron chi connectivity index (χ0n) is 29.6. The number of rotatable bonds is 6. The van der Waals surface area contributed by atoms with Gasteiger partial charge in [0, 0.05) is 0 Å². The van der Waals surface area contributed by atoms with Gasteiger partial charge in [-0.2, -0.15) is 0 Å². The first kappa shape index (κ1) is 31.6. The van der Waals surface area contributed by atoms with Gasteiger partial charge in [0.2, 0.25) is 0 Å². The van der Waals surface area contributed by atoms with Gasteiger partial charge in [-0.1, -0.05) is 0 Å². The van der Waals surface area contributed by atoms with E-state index in [9.17, 15) is 0 Å². The summed E-state index contributed by atoms with van der Waals surface area (Å²) in [6.07, 6.45) is 2.23. The van der Waals surface area contributed by atoms with Gasteiger partial charge in [0.1, 0.15) is 0 Å². The molecule has 1 heterocycles. The molecule has 2 atom stereocenters. The number of hydrogen-bond donors (Lipinski definition) is 0. The van der Waals surface area contributed by atoms with Crippen molar-refractivity contribution in [3.05, 3.63) is 191 Å². The van der Waals surface area contributed by atoms with Crippen molar-refractivity contribution in [1.29, 1.82) is 0 Å². The summed E-state index contributed by atoms with van der Waals surface area (Å²) in [5, 5.41) is 0. The van der Waals surface area contributed by atoms with Crippen molar-refractivity contribution < 1.29 is 20.0 Å². The van der Waals surface area contributed by atoms with E-state index in [0.717, 1.165) is 12.8 Å². The molecule has 0 spiro atoms.